The third-order valence-electron chi connectivity index (χ3n) is 3.69. The normalized spacial score (nSPS) is 21.2. The van der Waals surface area contributed by atoms with Crippen LogP contribution < -0.4 is 10.6 Å². The fraction of sp³-hybridized carbons (Fsp3) is 0.500. The second kappa shape index (κ2) is 4.76. The van der Waals surface area contributed by atoms with Crippen molar-refractivity contribution in [2.24, 2.45) is 5.92 Å². The molecule has 0 aliphatic carbocycles. The Morgan fingerprint density at radius 1 is 1.33 bits per heavy atom. The molecule has 2 aromatic rings. The number of fused-ring (bicyclic) bond motifs is 1. The standard InChI is InChI=1S/C14H19N3S/c1-10-3-2-7-17(8-6-10)14-16-12-5-4-11(15)9-13(12)18-14/h4-5,9-10H,2-3,6-8,15H2,1H3. The molecule has 3 rings (SSSR count). The van der Waals surface area contributed by atoms with Gasteiger partial charge in [0.1, 0.15) is 0 Å². The lowest BCUT2D eigenvalue weighted by Gasteiger charge is -2.18. The molecular weight excluding hydrogens is 242 g/mol. The van der Waals surface area contributed by atoms with E-state index in [4.69, 9.17) is 10.7 Å². The summed E-state index contributed by atoms with van der Waals surface area (Å²) in [6.07, 6.45) is 3.89. The van der Waals surface area contributed by atoms with Gasteiger partial charge in [-0.1, -0.05) is 18.3 Å². The Kier molecular flexibility index (Phi) is 3.12. The number of nitrogen functional groups attached to an aromatic ring is 1. The Morgan fingerprint density at radius 2 is 2.22 bits per heavy atom. The van der Waals surface area contributed by atoms with Gasteiger partial charge in [-0.3, -0.25) is 0 Å². The Bertz CT molecular complexity index is 549. The average molecular weight is 261 g/mol. The van der Waals surface area contributed by atoms with Crippen LogP contribution in [0.3, 0.4) is 0 Å². The summed E-state index contributed by atoms with van der Waals surface area (Å²) in [5.74, 6) is 0.847. The number of rotatable bonds is 1. The van der Waals surface area contributed by atoms with Crippen LogP contribution in [0, 0.1) is 5.92 Å². The minimum Gasteiger partial charge on any atom is -0.399 e. The number of hydrogen-bond donors (Lipinski definition) is 1. The van der Waals surface area contributed by atoms with E-state index in [1.54, 1.807) is 11.3 Å². The van der Waals surface area contributed by atoms with Gasteiger partial charge in [-0.2, -0.15) is 0 Å². The molecule has 1 saturated heterocycles. The van der Waals surface area contributed by atoms with Gasteiger partial charge in [0.05, 0.1) is 10.2 Å². The lowest BCUT2D eigenvalue weighted by atomic mass is 10.0. The van der Waals surface area contributed by atoms with Crippen molar-refractivity contribution in [2.45, 2.75) is 26.2 Å². The van der Waals surface area contributed by atoms with Gasteiger partial charge in [0, 0.05) is 18.8 Å². The molecule has 96 valence electrons. The first-order valence-corrected chi connectivity index (χ1v) is 7.45. The molecule has 1 unspecified atom stereocenters. The van der Waals surface area contributed by atoms with E-state index < -0.39 is 0 Å². The van der Waals surface area contributed by atoms with Crippen LogP contribution in [-0.4, -0.2) is 18.1 Å². The number of thiazole rings is 1. The lowest BCUT2D eigenvalue weighted by molar-refractivity contribution is 0.521. The monoisotopic (exact) mass is 261 g/mol. The highest BCUT2D eigenvalue weighted by molar-refractivity contribution is 7.22. The summed E-state index contributed by atoms with van der Waals surface area (Å²) in [5, 5.41) is 1.16. The van der Waals surface area contributed by atoms with Gasteiger partial charge in [-0.25, -0.2) is 4.98 Å². The maximum atomic E-state index is 5.82. The van der Waals surface area contributed by atoms with E-state index in [0.29, 0.717) is 0 Å². The highest BCUT2D eigenvalue weighted by Gasteiger charge is 2.17. The van der Waals surface area contributed by atoms with E-state index in [1.165, 1.54) is 24.0 Å². The molecule has 0 bridgehead atoms. The quantitative estimate of drug-likeness (QED) is 0.799. The SMILES string of the molecule is CC1CCCN(c2nc3ccc(N)cc3s2)CC1. The van der Waals surface area contributed by atoms with Gasteiger partial charge < -0.3 is 10.6 Å². The summed E-state index contributed by atoms with van der Waals surface area (Å²) < 4.78 is 1.20. The van der Waals surface area contributed by atoms with Gasteiger partial charge in [0.2, 0.25) is 0 Å². The van der Waals surface area contributed by atoms with Crippen LogP contribution >= 0.6 is 11.3 Å². The zero-order valence-electron chi connectivity index (χ0n) is 10.7. The molecule has 1 aromatic carbocycles. The third kappa shape index (κ3) is 2.29. The van der Waals surface area contributed by atoms with Crippen LogP contribution in [0.25, 0.3) is 10.2 Å². The van der Waals surface area contributed by atoms with Crippen LogP contribution in [0.2, 0.25) is 0 Å². The van der Waals surface area contributed by atoms with Gasteiger partial charge in [-0.15, -0.1) is 0 Å². The van der Waals surface area contributed by atoms with Crippen molar-refractivity contribution < 1.29 is 0 Å². The van der Waals surface area contributed by atoms with E-state index in [-0.39, 0.29) is 0 Å². The number of hydrogen-bond acceptors (Lipinski definition) is 4. The molecule has 1 aromatic heterocycles. The van der Waals surface area contributed by atoms with Crippen molar-refractivity contribution in [3.8, 4) is 0 Å². The minimum atomic E-state index is 0.821. The molecule has 0 radical (unpaired) electrons. The largest absolute Gasteiger partial charge is 0.399 e. The minimum absolute atomic E-state index is 0.821. The van der Waals surface area contributed by atoms with E-state index >= 15 is 0 Å². The predicted molar refractivity (Wildman–Crippen MR) is 79.3 cm³/mol. The number of anilines is 2. The maximum absolute atomic E-state index is 5.82. The number of aromatic nitrogens is 1. The summed E-state index contributed by atoms with van der Waals surface area (Å²) in [5.41, 5.74) is 7.71. The van der Waals surface area contributed by atoms with E-state index in [1.807, 2.05) is 18.2 Å². The van der Waals surface area contributed by atoms with Crippen LogP contribution in [-0.2, 0) is 0 Å². The van der Waals surface area contributed by atoms with Gasteiger partial charge in [0.15, 0.2) is 5.13 Å². The zero-order valence-corrected chi connectivity index (χ0v) is 11.5. The van der Waals surface area contributed by atoms with Gasteiger partial charge in [-0.05, 0) is 43.4 Å². The maximum Gasteiger partial charge on any atom is 0.186 e. The molecule has 1 atom stereocenters. The second-order valence-corrected chi connectivity index (χ2v) is 6.26. The first kappa shape index (κ1) is 11.8. The fourth-order valence-electron chi connectivity index (χ4n) is 2.52. The molecule has 0 saturated carbocycles. The Labute approximate surface area is 112 Å². The highest BCUT2D eigenvalue weighted by atomic mass is 32.1. The summed E-state index contributed by atoms with van der Waals surface area (Å²) in [7, 11) is 0. The van der Waals surface area contributed by atoms with Gasteiger partial charge in [0.25, 0.3) is 0 Å². The van der Waals surface area contributed by atoms with E-state index in [0.717, 1.165) is 35.3 Å². The summed E-state index contributed by atoms with van der Waals surface area (Å²) in [4.78, 5) is 7.17. The number of nitrogens with two attached hydrogens (primary N) is 1. The molecule has 2 heterocycles. The van der Waals surface area contributed by atoms with Crippen molar-refractivity contribution in [1.82, 2.24) is 4.98 Å². The molecule has 1 aliphatic heterocycles. The Balaban J connectivity index is 1.89. The molecule has 18 heavy (non-hydrogen) atoms. The molecular formula is C14H19N3S. The van der Waals surface area contributed by atoms with Crippen LogP contribution in [0.15, 0.2) is 18.2 Å². The Morgan fingerprint density at radius 3 is 3.11 bits per heavy atom. The Hall–Kier alpha value is -1.29. The van der Waals surface area contributed by atoms with Crippen LogP contribution in [0.1, 0.15) is 26.2 Å². The average Bonchev–Trinajstić information content (AvgIpc) is 2.63. The summed E-state index contributed by atoms with van der Waals surface area (Å²) in [6.45, 7) is 4.62. The topological polar surface area (TPSA) is 42.2 Å². The molecule has 3 nitrogen and oxygen atoms in total. The zero-order chi connectivity index (χ0) is 12.5. The molecule has 2 N–H and O–H groups in total. The number of nitrogens with zero attached hydrogens (tertiary/aromatic N) is 2. The summed E-state index contributed by atoms with van der Waals surface area (Å²) in [6, 6.07) is 5.97. The molecule has 0 amide bonds. The van der Waals surface area contributed by atoms with Crippen molar-refractivity contribution in [2.75, 3.05) is 23.7 Å². The van der Waals surface area contributed by atoms with Crippen LogP contribution in [0.5, 0.6) is 0 Å². The third-order valence-corrected chi connectivity index (χ3v) is 4.77. The number of benzene rings is 1. The molecule has 0 spiro atoms. The van der Waals surface area contributed by atoms with Crippen molar-refractivity contribution in [1.29, 1.82) is 0 Å². The molecule has 4 heteroatoms. The lowest BCUT2D eigenvalue weighted by Crippen LogP contribution is -2.23. The van der Waals surface area contributed by atoms with Gasteiger partial charge >= 0.3 is 0 Å². The van der Waals surface area contributed by atoms with Crippen molar-refractivity contribution in [3.05, 3.63) is 18.2 Å². The van der Waals surface area contributed by atoms with E-state index in [2.05, 4.69) is 11.8 Å². The first-order valence-electron chi connectivity index (χ1n) is 6.63. The fourth-order valence-corrected chi connectivity index (χ4v) is 3.58. The molecule has 1 aliphatic rings. The predicted octanol–water partition coefficient (Wildman–Crippen LogP) is 3.50. The highest BCUT2D eigenvalue weighted by Crippen LogP contribution is 2.31. The first-order chi connectivity index (χ1) is 8.72. The van der Waals surface area contributed by atoms with Crippen LogP contribution in [0.4, 0.5) is 10.8 Å². The van der Waals surface area contributed by atoms with E-state index in [9.17, 15) is 0 Å². The van der Waals surface area contributed by atoms with Crippen molar-refractivity contribution in [3.63, 3.8) is 0 Å². The smallest absolute Gasteiger partial charge is 0.186 e. The molecule has 1 fully saturated rings. The van der Waals surface area contributed by atoms with Crippen molar-refractivity contribution >= 4 is 32.4 Å². The second-order valence-electron chi connectivity index (χ2n) is 5.25. The summed E-state index contributed by atoms with van der Waals surface area (Å²) >= 11 is 1.76.